The Kier molecular flexibility index (Phi) is 3.65. The summed E-state index contributed by atoms with van der Waals surface area (Å²) in [6, 6.07) is 0. The number of aryl methyl sites for hydroxylation is 1. The highest BCUT2D eigenvalue weighted by molar-refractivity contribution is 5.05. The van der Waals surface area contributed by atoms with Gasteiger partial charge in [0.2, 0.25) is 0 Å². The molecule has 1 saturated heterocycles. The van der Waals surface area contributed by atoms with E-state index in [1.807, 2.05) is 0 Å². The standard InChI is InChI=1S/C11H16N2O5/c1-2-6-3-13(11(17)12-9(6)16)10-7(4-14)8(15)5-18-10/h3,7-8,10,14-15H,2,4-5H2,1H3,(H,12,16,17). The Morgan fingerprint density at radius 3 is 2.89 bits per heavy atom. The summed E-state index contributed by atoms with van der Waals surface area (Å²) < 4.78 is 6.53. The van der Waals surface area contributed by atoms with Crippen molar-refractivity contribution >= 4 is 0 Å². The molecule has 1 aliphatic heterocycles. The second-order valence-corrected chi connectivity index (χ2v) is 4.31. The molecule has 1 fully saturated rings. The van der Waals surface area contributed by atoms with Crippen LogP contribution in [0.1, 0.15) is 18.7 Å². The molecular weight excluding hydrogens is 240 g/mol. The lowest BCUT2D eigenvalue weighted by Crippen LogP contribution is -2.37. The molecule has 0 aliphatic carbocycles. The third-order valence-corrected chi connectivity index (χ3v) is 3.21. The maximum Gasteiger partial charge on any atom is 0.330 e. The Balaban J connectivity index is 2.45. The van der Waals surface area contributed by atoms with E-state index >= 15 is 0 Å². The zero-order chi connectivity index (χ0) is 13.3. The molecule has 0 radical (unpaired) electrons. The molecule has 7 heteroatoms. The summed E-state index contributed by atoms with van der Waals surface area (Å²) in [5, 5.41) is 18.8. The van der Waals surface area contributed by atoms with Crippen molar-refractivity contribution in [2.45, 2.75) is 25.7 Å². The fourth-order valence-corrected chi connectivity index (χ4v) is 2.10. The molecule has 7 nitrogen and oxygen atoms in total. The number of aliphatic hydroxyl groups is 2. The first-order valence-corrected chi connectivity index (χ1v) is 5.83. The Morgan fingerprint density at radius 1 is 1.56 bits per heavy atom. The number of hydrogen-bond acceptors (Lipinski definition) is 5. The maximum atomic E-state index is 11.7. The molecule has 18 heavy (non-hydrogen) atoms. The molecule has 3 unspecified atom stereocenters. The molecule has 2 heterocycles. The fraction of sp³-hybridized carbons (Fsp3) is 0.636. The number of H-pyrrole nitrogens is 1. The van der Waals surface area contributed by atoms with Crippen LogP contribution in [0.2, 0.25) is 0 Å². The molecule has 1 aromatic heterocycles. The van der Waals surface area contributed by atoms with Crippen LogP contribution in [0, 0.1) is 5.92 Å². The lowest BCUT2D eigenvalue weighted by atomic mass is 10.1. The highest BCUT2D eigenvalue weighted by Crippen LogP contribution is 2.28. The van der Waals surface area contributed by atoms with Gasteiger partial charge in [-0.3, -0.25) is 14.3 Å². The Labute approximate surface area is 103 Å². The minimum absolute atomic E-state index is 0.0585. The molecule has 1 aliphatic rings. The number of hydrogen-bond donors (Lipinski definition) is 3. The van der Waals surface area contributed by atoms with Crippen molar-refractivity contribution in [2.24, 2.45) is 5.92 Å². The van der Waals surface area contributed by atoms with Crippen LogP contribution in [0.4, 0.5) is 0 Å². The van der Waals surface area contributed by atoms with Crippen LogP contribution in [-0.2, 0) is 11.2 Å². The lowest BCUT2D eigenvalue weighted by Gasteiger charge is -2.20. The molecule has 3 atom stereocenters. The Hall–Kier alpha value is -1.44. The predicted octanol–water partition coefficient (Wildman–Crippen LogP) is -1.40. The van der Waals surface area contributed by atoms with Crippen LogP contribution >= 0.6 is 0 Å². The van der Waals surface area contributed by atoms with Gasteiger partial charge in [0.1, 0.15) is 6.23 Å². The van der Waals surface area contributed by atoms with Crippen LogP contribution in [-0.4, -0.2) is 39.1 Å². The van der Waals surface area contributed by atoms with E-state index in [-0.39, 0.29) is 13.2 Å². The normalized spacial score (nSPS) is 27.6. The smallest absolute Gasteiger partial charge is 0.330 e. The summed E-state index contributed by atoms with van der Waals surface area (Å²) in [6.45, 7) is 1.56. The summed E-state index contributed by atoms with van der Waals surface area (Å²) in [4.78, 5) is 25.4. The van der Waals surface area contributed by atoms with Gasteiger partial charge in [0.15, 0.2) is 0 Å². The summed E-state index contributed by atoms with van der Waals surface area (Å²) in [6.07, 6.45) is 0.338. The number of aliphatic hydroxyl groups excluding tert-OH is 2. The maximum absolute atomic E-state index is 11.7. The van der Waals surface area contributed by atoms with Crippen LogP contribution in [0.15, 0.2) is 15.8 Å². The van der Waals surface area contributed by atoms with Gasteiger partial charge in [-0.05, 0) is 6.42 Å². The van der Waals surface area contributed by atoms with Gasteiger partial charge in [-0.15, -0.1) is 0 Å². The first kappa shape index (κ1) is 13.0. The molecule has 3 N–H and O–H groups in total. The molecule has 0 aromatic carbocycles. The van der Waals surface area contributed by atoms with E-state index in [0.717, 1.165) is 0 Å². The highest BCUT2D eigenvalue weighted by Gasteiger charge is 2.37. The minimum atomic E-state index is -0.816. The molecule has 2 rings (SSSR count). The first-order valence-electron chi connectivity index (χ1n) is 5.83. The average Bonchev–Trinajstić information content (AvgIpc) is 2.70. The van der Waals surface area contributed by atoms with Gasteiger partial charge in [0.25, 0.3) is 5.56 Å². The SMILES string of the molecule is CCc1cn(C2OCC(O)C2CO)c(=O)[nH]c1=O. The monoisotopic (exact) mass is 256 g/mol. The van der Waals surface area contributed by atoms with Gasteiger partial charge in [0, 0.05) is 11.8 Å². The zero-order valence-corrected chi connectivity index (χ0v) is 10.00. The van der Waals surface area contributed by atoms with E-state index in [4.69, 9.17) is 4.74 Å². The third-order valence-electron chi connectivity index (χ3n) is 3.21. The topological polar surface area (TPSA) is 105 Å². The largest absolute Gasteiger partial charge is 0.396 e. The molecule has 0 saturated carbocycles. The van der Waals surface area contributed by atoms with Crippen molar-refractivity contribution in [1.82, 2.24) is 9.55 Å². The van der Waals surface area contributed by atoms with Gasteiger partial charge in [0.05, 0.1) is 25.2 Å². The predicted molar refractivity (Wildman–Crippen MR) is 62.3 cm³/mol. The third kappa shape index (κ3) is 2.12. The van der Waals surface area contributed by atoms with Gasteiger partial charge in [-0.1, -0.05) is 6.92 Å². The van der Waals surface area contributed by atoms with E-state index in [1.54, 1.807) is 6.92 Å². The van der Waals surface area contributed by atoms with Crippen LogP contribution in [0.3, 0.4) is 0 Å². The van der Waals surface area contributed by atoms with Gasteiger partial charge in [-0.2, -0.15) is 0 Å². The number of nitrogens with zero attached hydrogens (tertiary/aromatic N) is 1. The van der Waals surface area contributed by atoms with Crippen molar-refractivity contribution < 1.29 is 14.9 Å². The second kappa shape index (κ2) is 5.05. The lowest BCUT2D eigenvalue weighted by molar-refractivity contribution is 0.0127. The zero-order valence-electron chi connectivity index (χ0n) is 10.00. The summed E-state index contributed by atoms with van der Waals surface area (Å²) in [7, 11) is 0. The quantitative estimate of drug-likeness (QED) is 0.617. The van der Waals surface area contributed by atoms with E-state index < -0.39 is 29.5 Å². The van der Waals surface area contributed by atoms with Gasteiger partial charge >= 0.3 is 5.69 Å². The molecule has 100 valence electrons. The number of aromatic amines is 1. The summed E-state index contributed by atoms with van der Waals surface area (Å²) in [5.41, 5.74) is -0.566. The molecule has 1 aromatic rings. The second-order valence-electron chi connectivity index (χ2n) is 4.31. The summed E-state index contributed by atoms with van der Waals surface area (Å²) in [5.74, 6) is -0.571. The molecular formula is C11H16N2O5. The van der Waals surface area contributed by atoms with Crippen LogP contribution in [0.5, 0.6) is 0 Å². The van der Waals surface area contributed by atoms with Crippen LogP contribution in [0.25, 0.3) is 0 Å². The Morgan fingerprint density at radius 2 is 2.28 bits per heavy atom. The number of rotatable bonds is 3. The average molecular weight is 256 g/mol. The molecule has 0 bridgehead atoms. The van der Waals surface area contributed by atoms with Gasteiger partial charge < -0.3 is 14.9 Å². The minimum Gasteiger partial charge on any atom is -0.396 e. The number of ether oxygens (including phenoxy) is 1. The van der Waals surface area contributed by atoms with Gasteiger partial charge in [-0.25, -0.2) is 4.79 Å². The highest BCUT2D eigenvalue weighted by atomic mass is 16.5. The number of aromatic nitrogens is 2. The summed E-state index contributed by atoms with van der Waals surface area (Å²) >= 11 is 0. The van der Waals surface area contributed by atoms with Crippen molar-refractivity contribution in [1.29, 1.82) is 0 Å². The van der Waals surface area contributed by atoms with E-state index in [9.17, 15) is 19.8 Å². The Bertz CT molecular complexity index is 535. The van der Waals surface area contributed by atoms with Crippen molar-refractivity contribution in [2.75, 3.05) is 13.2 Å². The van der Waals surface area contributed by atoms with Crippen molar-refractivity contribution in [3.8, 4) is 0 Å². The molecule has 0 amide bonds. The van der Waals surface area contributed by atoms with Crippen LogP contribution < -0.4 is 11.2 Å². The first-order chi connectivity index (χ1) is 8.58. The van der Waals surface area contributed by atoms with E-state index in [1.165, 1.54) is 10.8 Å². The molecule has 0 spiro atoms. The number of nitrogens with one attached hydrogen (secondary N) is 1. The van der Waals surface area contributed by atoms with Crippen molar-refractivity contribution in [3.63, 3.8) is 0 Å². The fourth-order valence-electron chi connectivity index (χ4n) is 2.10. The van der Waals surface area contributed by atoms with E-state index in [2.05, 4.69) is 4.98 Å². The van der Waals surface area contributed by atoms with E-state index in [0.29, 0.717) is 12.0 Å². The van der Waals surface area contributed by atoms with Crippen molar-refractivity contribution in [3.05, 3.63) is 32.6 Å².